The zero-order valence-corrected chi connectivity index (χ0v) is 18.7. The van der Waals surface area contributed by atoms with Gasteiger partial charge in [0.2, 0.25) is 9.84 Å². The summed E-state index contributed by atoms with van der Waals surface area (Å²) in [6.45, 7) is 2.42. The topological polar surface area (TPSA) is 91.9 Å². The van der Waals surface area contributed by atoms with Gasteiger partial charge < -0.3 is 10.3 Å². The number of fused-ring (bicyclic) bond motifs is 1. The third kappa shape index (κ3) is 4.73. The lowest BCUT2D eigenvalue weighted by molar-refractivity contribution is 0.0946. The Morgan fingerprint density at radius 3 is 2.25 bits per heavy atom. The molecule has 0 aliphatic carbocycles. The Morgan fingerprint density at radius 2 is 1.62 bits per heavy atom. The van der Waals surface area contributed by atoms with Gasteiger partial charge in [0.15, 0.2) is 0 Å². The van der Waals surface area contributed by atoms with Crippen LogP contribution < -0.4 is 5.32 Å². The van der Waals surface area contributed by atoms with E-state index in [1.165, 1.54) is 0 Å². The summed E-state index contributed by atoms with van der Waals surface area (Å²) in [7, 11) is -3.58. The van der Waals surface area contributed by atoms with Crippen molar-refractivity contribution in [3.8, 4) is 0 Å². The molecule has 2 heterocycles. The van der Waals surface area contributed by atoms with Gasteiger partial charge in [-0.05, 0) is 60.4 Å². The molecule has 2 aromatic carbocycles. The number of hydrogen-bond donors (Lipinski definition) is 2. The molecule has 0 radical (unpaired) electrons. The number of hydrogen-bond acceptors (Lipinski definition) is 4. The van der Waals surface area contributed by atoms with Crippen molar-refractivity contribution < 1.29 is 13.2 Å². The fraction of sp³-hybridized carbons (Fsp3) is 0.200. The first kappa shape index (κ1) is 21.8. The Kier molecular flexibility index (Phi) is 6.37. The van der Waals surface area contributed by atoms with E-state index in [1.54, 1.807) is 54.9 Å². The predicted molar refractivity (Wildman–Crippen MR) is 124 cm³/mol. The van der Waals surface area contributed by atoms with E-state index in [0.717, 1.165) is 41.3 Å². The van der Waals surface area contributed by atoms with Crippen LogP contribution in [0.5, 0.6) is 0 Å². The Labute approximate surface area is 187 Å². The fourth-order valence-corrected chi connectivity index (χ4v) is 4.77. The highest BCUT2D eigenvalue weighted by atomic mass is 32.2. The number of carbonyl (C=O) groups is 1. The molecule has 0 atom stereocenters. The van der Waals surface area contributed by atoms with E-state index in [-0.39, 0.29) is 15.7 Å². The molecule has 4 aromatic rings. The van der Waals surface area contributed by atoms with Crippen LogP contribution in [-0.4, -0.2) is 24.3 Å². The van der Waals surface area contributed by atoms with Gasteiger partial charge in [-0.3, -0.25) is 9.78 Å². The molecule has 0 fully saturated rings. The summed E-state index contributed by atoms with van der Waals surface area (Å²) in [4.78, 5) is 20.1. The third-order valence-corrected chi connectivity index (χ3v) is 7.19. The van der Waals surface area contributed by atoms with Crippen LogP contribution >= 0.6 is 0 Å². The third-order valence-electron chi connectivity index (χ3n) is 5.41. The number of nitrogens with zero attached hydrogens (tertiary/aromatic N) is 1. The highest BCUT2D eigenvalue weighted by molar-refractivity contribution is 7.91. The Morgan fingerprint density at radius 1 is 0.969 bits per heavy atom. The summed E-state index contributed by atoms with van der Waals surface area (Å²) in [5.74, 6) is -0.235. The van der Waals surface area contributed by atoms with Gasteiger partial charge in [0, 0.05) is 29.8 Å². The van der Waals surface area contributed by atoms with Crippen molar-refractivity contribution in [3.05, 3.63) is 89.9 Å². The maximum absolute atomic E-state index is 12.9. The molecular weight excluding hydrogens is 422 g/mol. The minimum atomic E-state index is -3.58. The number of carbonyl (C=O) groups excluding carboxylic acids is 1. The Bertz CT molecular complexity index is 1290. The van der Waals surface area contributed by atoms with Crippen LogP contribution in [0.4, 0.5) is 0 Å². The van der Waals surface area contributed by atoms with Gasteiger partial charge in [0.05, 0.1) is 9.79 Å². The van der Waals surface area contributed by atoms with E-state index in [1.807, 2.05) is 18.2 Å². The monoisotopic (exact) mass is 447 g/mol. The number of aromatic nitrogens is 2. The number of sulfone groups is 1. The second-order valence-corrected chi connectivity index (χ2v) is 9.67. The van der Waals surface area contributed by atoms with Crippen molar-refractivity contribution in [1.29, 1.82) is 0 Å². The molecule has 164 valence electrons. The smallest absolute Gasteiger partial charge is 0.267 e. The molecule has 0 saturated heterocycles. The van der Waals surface area contributed by atoms with E-state index in [2.05, 4.69) is 22.2 Å². The number of unbranched alkanes of at least 4 members (excludes halogenated alkanes) is 1. The lowest BCUT2D eigenvalue weighted by atomic mass is 10.1. The summed E-state index contributed by atoms with van der Waals surface area (Å²) in [6, 6.07) is 17.3. The Hall–Kier alpha value is -3.45. The highest BCUT2D eigenvalue weighted by Gasteiger charge is 2.17. The first-order chi connectivity index (χ1) is 15.5. The normalized spacial score (nSPS) is 11.5. The lowest BCUT2D eigenvalue weighted by Gasteiger charge is -2.08. The zero-order valence-electron chi connectivity index (χ0n) is 17.8. The fourth-order valence-electron chi connectivity index (χ4n) is 3.51. The summed E-state index contributed by atoms with van der Waals surface area (Å²) < 4.78 is 25.9. The molecular formula is C25H25N3O3S. The highest BCUT2D eigenvalue weighted by Crippen LogP contribution is 2.22. The largest absolute Gasteiger partial charge is 0.350 e. The molecule has 2 N–H and O–H groups in total. The quantitative estimate of drug-likeness (QED) is 0.411. The molecule has 6 nitrogen and oxygen atoms in total. The van der Waals surface area contributed by atoms with Crippen LogP contribution in [0.3, 0.4) is 0 Å². The number of aromatic amines is 1. The van der Waals surface area contributed by atoms with E-state index in [0.29, 0.717) is 12.2 Å². The van der Waals surface area contributed by atoms with Crippen LogP contribution in [0.25, 0.3) is 10.9 Å². The number of amides is 1. The molecule has 0 spiro atoms. The van der Waals surface area contributed by atoms with Crippen molar-refractivity contribution in [2.75, 3.05) is 0 Å². The average molecular weight is 448 g/mol. The van der Waals surface area contributed by atoms with Gasteiger partial charge in [-0.25, -0.2) is 8.42 Å². The van der Waals surface area contributed by atoms with Crippen LogP contribution in [0.15, 0.2) is 82.8 Å². The number of nitrogens with one attached hydrogen (secondary N) is 2. The van der Waals surface area contributed by atoms with Gasteiger partial charge in [0.25, 0.3) is 5.91 Å². The van der Waals surface area contributed by atoms with Crippen molar-refractivity contribution in [1.82, 2.24) is 15.3 Å². The molecule has 32 heavy (non-hydrogen) atoms. The van der Waals surface area contributed by atoms with E-state index in [9.17, 15) is 13.2 Å². The molecule has 2 aromatic heterocycles. The molecule has 7 heteroatoms. The van der Waals surface area contributed by atoms with E-state index >= 15 is 0 Å². The second-order valence-electron chi connectivity index (χ2n) is 7.72. The van der Waals surface area contributed by atoms with Crippen molar-refractivity contribution in [2.45, 2.75) is 42.5 Å². The number of rotatable bonds is 8. The second kappa shape index (κ2) is 9.36. The molecule has 0 aliphatic heterocycles. The van der Waals surface area contributed by atoms with Gasteiger partial charge >= 0.3 is 0 Å². The first-order valence-corrected chi connectivity index (χ1v) is 12.1. The minimum absolute atomic E-state index is 0.233. The van der Waals surface area contributed by atoms with E-state index < -0.39 is 9.84 Å². The maximum atomic E-state index is 12.9. The predicted octanol–water partition coefficient (Wildman–Crippen LogP) is 4.67. The molecule has 4 rings (SSSR count). The SMILES string of the molecule is CCCCc1ccc(S(=O)(=O)c2ccc(CNC(=O)c3cc4cnccc4[nH]3)cc2)cc1. The van der Waals surface area contributed by atoms with Crippen molar-refractivity contribution in [3.63, 3.8) is 0 Å². The van der Waals surface area contributed by atoms with Gasteiger partial charge in [-0.15, -0.1) is 0 Å². The van der Waals surface area contributed by atoms with Crippen LogP contribution in [-0.2, 0) is 22.8 Å². The van der Waals surface area contributed by atoms with Crippen molar-refractivity contribution >= 4 is 26.6 Å². The summed E-state index contributed by atoms with van der Waals surface area (Å²) in [5, 5.41) is 3.72. The Balaban J connectivity index is 1.41. The molecule has 0 saturated carbocycles. The molecule has 1 amide bonds. The number of aryl methyl sites for hydroxylation is 1. The molecule has 0 bridgehead atoms. The van der Waals surface area contributed by atoms with Crippen molar-refractivity contribution in [2.24, 2.45) is 0 Å². The molecule has 0 aliphatic rings. The van der Waals surface area contributed by atoms with E-state index in [4.69, 9.17) is 0 Å². The number of benzene rings is 2. The average Bonchev–Trinajstić information content (AvgIpc) is 3.26. The summed E-state index contributed by atoms with van der Waals surface area (Å²) in [5.41, 5.74) is 3.25. The zero-order chi connectivity index (χ0) is 22.6. The molecule has 0 unspecified atom stereocenters. The van der Waals surface area contributed by atoms with Gasteiger partial charge in [0.1, 0.15) is 5.69 Å². The number of pyridine rings is 1. The van der Waals surface area contributed by atoms with Crippen LogP contribution in [0.1, 0.15) is 41.4 Å². The lowest BCUT2D eigenvalue weighted by Crippen LogP contribution is -2.23. The van der Waals surface area contributed by atoms with Gasteiger partial charge in [-0.2, -0.15) is 0 Å². The summed E-state index contributed by atoms with van der Waals surface area (Å²) in [6.07, 6.45) is 6.50. The standard InChI is InChI=1S/C25H25N3O3S/c1-2-3-4-18-5-9-21(10-6-18)32(30,31)22-11-7-19(8-12-22)16-27-25(29)24-15-20-17-26-14-13-23(20)28-24/h5-15,17,28H,2-4,16H2,1H3,(H,27,29). The summed E-state index contributed by atoms with van der Waals surface area (Å²) >= 11 is 0. The van der Waals surface area contributed by atoms with Crippen LogP contribution in [0.2, 0.25) is 0 Å². The first-order valence-electron chi connectivity index (χ1n) is 10.6. The maximum Gasteiger partial charge on any atom is 0.267 e. The minimum Gasteiger partial charge on any atom is -0.350 e. The van der Waals surface area contributed by atoms with Gasteiger partial charge in [-0.1, -0.05) is 37.6 Å². The van der Waals surface area contributed by atoms with Crippen LogP contribution in [0, 0.1) is 0 Å². The number of H-pyrrole nitrogens is 1.